The molecule has 14 heavy (non-hydrogen) atoms. The van der Waals surface area contributed by atoms with Crippen LogP contribution in [-0.4, -0.2) is 11.5 Å². The van der Waals surface area contributed by atoms with Crippen molar-refractivity contribution in [2.75, 3.05) is 6.54 Å². The molecule has 2 rings (SSSR count). The number of pyridine rings is 1. The number of aromatic nitrogens is 1. The summed E-state index contributed by atoms with van der Waals surface area (Å²) in [5, 5.41) is 3.31. The molecule has 0 radical (unpaired) electrons. The molecule has 0 aliphatic heterocycles. The van der Waals surface area contributed by atoms with Crippen LogP contribution in [-0.2, 0) is 6.54 Å². The van der Waals surface area contributed by atoms with Gasteiger partial charge in [0.05, 0.1) is 6.20 Å². The highest BCUT2D eigenvalue weighted by Crippen LogP contribution is 2.36. The quantitative estimate of drug-likeness (QED) is 0.792. The van der Waals surface area contributed by atoms with Crippen molar-refractivity contribution in [1.29, 1.82) is 0 Å². The van der Waals surface area contributed by atoms with E-state index in [-0.39, 0.29) is 5.82 Å². The molecule has 1 heterocycles. The van der Waals surface area contributed by atoms with Crippen molar-refractivity contribution in [2.24, 2.45) is 11.8 Å². The highest BCUT2D eigenvalue weighted by molar-refractivity contribution is 5.09. The third-order valence-electron chi connectivity index (χ3n) is 2.77. The van der Waals surface area contributed by atoms with Gasteiger partial charge in [-0.3, -0.25) is 4.98 Å². The van der Waals surface area contributed by atoms with Crippen LogP contribution in [0.2, 0.25) is 0 Å². The minimum atomic E-state index is -0.260. The zero-order valence-corrected chi connectivity index (χ0v) is 8.33. The number of hydrogen-bond donors (Lipinski definition) is 1. The minimum Gasteiger partial charge on any atom is -0.312 e. The molecule has 1 aromatic rings. The number of nitrogens with zero attached hydrogens (tertiary/aromatic N) is 1. The van der Waals surface area contributed by atoms with E-state index in [1.165, 1.54) is 18.7 Å². The van der Waals surface area contributed by atoms with Gasteiger partial charge in [-0.05, 0) is 36.4 Å². The summed E-state index contributed by atoms with van der Waals surface area (Å²) in [5.41, 5.74) is 0.915. The fourth-order valence-corrected chi connectivity index (χ4v) is 1.64. The zero-order chi connectivity index (χ0) is 9.97. The predicted octanol–water partition coefficient (Wildman–Crippen LogP) is 1.97. The highest BCUT2D eigenvalue weighted by Gasteiger charge is 2.31. The molecular weight excluding hydrogens is 179 g/mol. The Balaban J connectivity index is 1.74. The van der Waals surface area contributed by atoms with Crippen LogP contribution in [0, 0.1) is 17.7 Å². The summed E-state index contributed by atoms with van der Waals surface area (Å²) in [4.78, 5) is 3.80. The largest absolute Gasteiger partial charge is 0.312 e. The van der Waals surface area contributed by atoms with Gasteiger partial charge in [0.1, 0.15) is 5.82 Å². The van der Waals surface area contributed by atoms with E-state index in [0.717, 1.165) is 23.9 Å². The predicted molar refractivity (Wildman–Crippen MR) is 53.2 cm³/mol. The molecule has 1 aliphatic rings. The van der Waals surface area contributed by atoms with Gasteiger partial charge < -0.3 is 5.32 Å². The smallest absolute Gasteiger partial charge is 0.141 e. The number of nitrogens with one attached hydrogen (secondary N) is 1. The van der Waals surface area contributed by atoms with E-state index < -0.39 is 0 Å². The Labute approximate surface area is 83.6 Å². The van der Waals surface area contributed by atoms with E-state index in [1.54, 1.807) is 6.20 Å². The van der Waals surface area contributed by atoms with E-state index in [0.29, 0.717) is 6.54 Å². The SMILES string of the molecule is CC1CC1CNCc1cncc(F)c1. The molecule has 2 nitrogen and oxygen atoms in total. The minimum absolute atomic E-state index is 0.260. The maximum absolute atomic E-state index is 12.7. The average molecular weight is 194 g/mol. The van der Waals surface area contributed by atoms with E-state index in [1.807, 2.05) is 0 Å². The molecule has 0 aromatic carbocycles. The molecule has 0 amide bonds. The first-order valence-electron chi connectivity index (χ1n) is 5.06. The molecule has 1 N–H and O–H groups in total. The van der Waals surface area contributed by atoms with Gasteiger partial charge in [-0.1, -0.05) is 6.92 Å². The molecule has 0 saturated heterocycles. The summed E-state index contributed by atoms with van der Waals surface area (Å²) < 4.78 is 12.7. The lowest BCUT2D eigenvalue weighted by Gasteiger charge is -2.03. The van der Waals surface area contributed by atoms with E-state index in [2.05, 4.69) is 17.2 Å². The van der Waals surface area contributed by atoms with Gasteiger partial charge in [0, 0.05) is 12.7 Å². The lowest BCUT2D eigenvalue weighted by atomic mass is 10.2. The van der Waals surface area contributed by atoms with Crippen LogP contribution in [0.25, 0.3) is 0 Å². The third-order valence-corrected chi connectivity index (χ3v) is 2.77. The molecule has 76 valence electrons. The van der Waals surface area contributed by atoms with Crippen LogP contribution in [0.1, 0.15) is 18.9 Å². The molecule has 3 heteroatoms. The first-order chi connectivity index (χ1) is 6.75. The van der Waals surface area contributed by atoms with Gasteiger partial charge in [-0.2, -0.15) is 0 Å². The monoisotopic (exact) mass is 194 g/mol. The first-order valence-corrected chi connectivity index (χ1v) is 5.06. The summed E-state index contributed by atoms with van der Waals surface area (Å²) in [6, 6.07) is 1.52. The van der Waals surface area contributed by atoms with Crippen LogP contribution in [0.3, 0.4) is 0 Å². The van der Waals surface area contributed by atoms with Gasteiger partial charge in [-0.25, -0.2) is 4.39 Å². The van der Waals surface area contributed by atoms with E-state index in [9.17, 15) is 4.39 Å². The summed E-state index contributed by atoms with van der Waals surface area (Å²) in [5.74, 6) is 1.44. The Morgan fingerprint density at radius 2 is 2.36 bits per heavy atom. The van der Waals surface area contributed by atoms with Gasteiger partial charge in [0.2, 0.25) is 0 Å². The Hall–Kier alpha value is -0.960. The highest BCUT2D eigenvalue weighted by atomic mass is 19.1. The Morgan fingerprint density at radius 1 is 1.57 bits per heavy atom. The van der Waals surface area contributed by atoms with Crippen molar-refractivity contribution in [3.63, 3.8) is 0 Å². The molecule has 1 aromatic heterocycles. The Morgan fingerprint density at radius 3 is 3.00 bits per heavy atom. The lowest BCUT2D eigenvalue weighted by Crippen LogP contribution is -2.16. The van der Waals surface area contributed by atoms with Crippen molar-refractivity contribution in [2.45, 2.75) is 19.9 Å². The fraction of sp³-hybridized carbons (Fsp3) is 0.545. The van der Waals surface area contributed by atoms with Gasteiger partial charge in [0.25, 0.3) is 0 Å². The molecule has 2 atom stereocenters. The standard InChI is InChI=1S/C11H15FN2/c1-8-2-10(8)6-13-4-9-3-11(12)7-14-5-9/h3,5,7-8,10,13H,2,4,6H2,1H3. The lowest BCUT2D eigenvalue weighted by molar-refractivity contribution is 0.596. The number of halogens is 1. The Bertz CT molecular complexity index is 314. The summed E-state index contributed by atoms with van der Waals surface area (Å²) >= 11 is 0. The van der Waals surface area contributed by atoms with Crippen LogP contribution < -0.4 is 5.32 Å². The molecule has 0 bridgehead atoms. The van der Waals surface area contributed by atoms with Gasteiger partial charge >= 0.3 is 0 Å². The summed E-state index contributed by atoms with van der Waals surface area (Å²) in [7, 11) is 0. The molecular formula is C11H15FN2. The van der Waals surface area contributed by atoms with Crippen molar-refractivity contribution < 1.29 is 4.39 Å². The number of rotatable bonds is 4. The molecule has 2 unspecified atom stereocenters. The van der Waals surface area contributed by atoms with Crippen molar-refractivity contribution in [3.05, 3.63) is 29.8 Å². The topological polar surface area (TPSA) is 24.9 Å². The van der Waals surface area contributed by atoms with Crippen molar-refractivity contribution in [3.8, 4) is 0 Å². The van der Waals surface area contributed by atoms with Gasteiger partial charge in [-0.15, -0.1) is 0 Å². The normalized spacial score (nSPS) is 25.0. The molecule has 1 fully saturated rings. The second-order valence-corrected chi connectivity index (χ2v) is 4.12. The van der Waals surface area contributed by atoms with Crippen LogP contribution in [0.5, 0.6) is 0 Å². The number of hydrogen-bond acceptors (Lipinski definition) is 2. The first kappa shape index (κ1) is 9.59. The average Bonchev–Trinajstić information content (AvgIpc) is 2.82. The fourth-order valence-electron chi connectivity index (χ4n) is 1.64. The van der Waals surface area contributed by atoms with Crippen LogP contribution >= 0.6 is 0 Å². The summed E-state index contributed by atoms with van der Waals surface area (Å²) in [6.07, 6.45) is 4.26. The van der Waals surface area contributed by atoms with Crippen molar-refractivity contribution in [1.82, 2.24) is 10.3 Å². The molecule has 1 saturated carbocycles. The van der Waals surface area contributed by atoms with E-state index >= 15 is 0 Å². The van der Waals surface area contributed by atoms with E-state index in [4.69, 9.17) is 0 Å². The third kappa shape index (κ3) is 2.51. The maximum atomic E-state index is 12.7. The zero-order valence-electron chi connectivity index (χ0n) is 8.33. The van der Waals surface area contributed by atoms with Gasteiger partial charge in [0.15, 0.2) is 0 Å². The van der Waals surface area contributed by atoms with Crippen molar-refractivity contribution >= 4 is 0 Å². The van der Waals surface area contributed by atoms with Crippen LogP contribution in [0.15, 0.2) is 18.5 Å². The maximum Gasteiger partial charge on any atom is 0.141 e. The molecule has 0 spiro atoms. The molecule has 1 aliphatic carbocycles. The Kier molecular flexibility index (Phi) is 2.77. The summed E-state index contributed by atoms with van der Waals surface area (Å²) in [6.45, 7) is 4.02. The second-order valence-electron chi connectivity index (χ2n) is 4.12. The van der Waals surface area contributed by atoms with Crippen LogP contribution in [0.4, 0.5) is 4.39 Å². The second kappa shape index (κ2) is 4.05.